The summed E-state index contributed by atoms with van der Waals surface area (Å²) in [6.07, 6.45) is 5.16. The molecule has 2 aromatic heterocycles. The first-order chi connectivity index (χ1) is 12.2. The second-order valence-corrected chi connectivity index (χ2v) is 7.19. The van der Waals surface area contributed by atoms with Gasteiger partial charge in [-0.1, -0.05) is 18.2 Å². The number of hydrogen-bond donors (Lipinski definition) is 1. The Bertz CT molecular complexity index is 866. The number of benzene rings is 1. The van der Waals surface area contributed by atoms with E-state index in [0.717, 1.165) is 28.8 Å². The highest BCUT2D eigenvalue weighted by Crippen LogP contribution is 2.31. The van der Waals surface area contributed by atoms with E-state index in [1.807, 2.05) is 34.7 Å². The number of likely N-dealkylation sites (tertiary alicyclic amines) is 1. The van der Waals surface area contributed by atoms with Crippen molar-refractivity contribution in [1.82, 2.24) is 15.1 Å². The van der Waals surface area contributed by atoms with Crippen molar-refractivity contribution in [3.63, 3.8) is 0 Å². The first-order valence-electron chi connectivity index (χ1n) is 8.34. The second-order valence-electron chi connectivity index (χ2n) is 6.27. The Hall–Kier alpha value is -2.47. The van der Waals surface area contributed by atoms with Gasteiger partial charge in [0.1, 0.15) is 5.82 Å². The number of piperidine rings is 1. The number of aromatic amines is 1. The molecule has 1 N–H and O–H groups in total. The number of hydrogen-bond acceptors (Lipinski definition) is 3. The van der Waals surface area contributed by atoms with Crippen LogP contribution in [0.2, 0.25) is 0 Å². The lowest BCUT2D eigenvalue weighted by Gasteiger charge is -2.32. The van der Waals surface area contributed by atoms with E-state index >= 15 is 0 Å². The summed E-state index contributed by atoms with van der Waals surface area (Å²) in [7, 11) is 0. The van der Waals surface area contributed by atoms with Gasteiger partial charge in [0.15, 0.2) is 0 Å². The van der Waals surface area contributed by atoms with E-state index in [9.17, 15) is 9.18 Å². The normalized spacial score (nSPS) is 15.5. The Balaban J connectivity index is 1.42. The van der Waals surface area contributed by atoms with E-state index in [-0.39, 0.29) is 17.6 Å². The molecular formula is C19H18FN3OS. The van der Waals surface area contributed by atoms with Crippen molar-refractivity contribution in [3.8, 4) is 10.4 Å². The third kappa shape index (κ3) is 3.22. The molecule has 128 valence electrons. The molecule has 25 heavy (non-hydrogen) atoms. The molecule has 0 bridgehead atoms. The van der Waals surface area contributed by atoms with Crippen molar-refractivity contribution in [2.45, 2.75) is 18.8 Å². The Kier molecular flexibility index (Phi) is 4.36. The molecule has 1 aromatic carbocycles. The molecule has 0 radical (unpaired) electrons. The second kappa shape index (κ2) is 6.80. The first-order valence-corrected chi connectivity index (χ1v) is 9.22. The summed E-state index contributed by atoms with van der Waals surface area (Å²) in [6, 6.07) is 8.87. The van der Waals surface area contributed by atoms with E-state index in [4.69, 9.17) is 0 Å². The minimum absolute atomic E-state index is 0.0537. The minimum Gasteiger partial charge on any atom is -0.339 e. The number of carbonyl (C=O) groups is 1. The number of nitrogens with one attached hydrogen (secondary N) is 1. The quantitative estimate of drug-likeness (QED) is 0.762. The van der Waals surface area contributed by atoms with Crippen LogP contribution >= 0.6 is 11.3 Å². The van der Waals surface area contributed by atoms with Crippen molar-refractivity contribution >= 4 is 17.2 Å². The molecule has 0 spiro atoms. The maximum atomic E-state index is 13.9. The van der Waals surface area contributed by atoms with Crippen molar-refractivity contribution in [2.24, 2.45) is 0 Å². The zero-order valence-electron chi connectivity index (χ0n) is 13.6. The Morgan fingerprint density at radius 1 is 1.28 bits per heavy atom. The molecule has 1 saturated heterocycles. The summed E-state index contributed by atoms with van der Waals surface area (Å²) in [6.45, 7) is 1.32. The highest BCUT2D eigenvalue weighted by Gasteiger charge is 2.26. The molecule has 3 heterocycles. The van der Waals surface area contributed by atoms with Crippen molar-refractivity contribution in [3.05, 3.63) is 65.0 Å². The van der Waals surface area contributed by atoms with Gasteiger partial charge in [0.25, 0.3) is 5.91 Å². The van der Waals surface area contributed by atoms with Gasteiger partial charge in [0.2, 0.25) is 0 Å². The predicted octanol–water partition coefficient (Wildman–Crippen LogP) is 4.30. The van der Waals surface area contributed by atoms with Gasteiger partial charge < -0.3 is 4.90 Å². The molecule has 1 fully saturated rings. The third-order valence-electron chi connectivity index (χ3n) is 4.76. The van der Waals surface area contributed by atoms with E-state index < -0.39 is 0 Å². The number of rotatable bonds is 3. The van der Waals surface area contributed by atoms with Crippen LogP contribution in [0.5, 0.6) is 0 Å². The van der Waals surface area contributed by atoms with Crippen LogP contribution in [0, 0.1) is 5.82 Å². The average molecular weight is 355 g/mol. The molecule has 0 aliphatic carbocycles. The average Bonchev–Trinajstić information content (AvgIpc) is 3.33. The summed E-state index contributed by atoms with van der Waals surface area (Å²) >= 11 is 1.54. The summed E-state index contributed by atoms with van der Waals surface area (Å²) in [5.41, 5.74) is 2.47. The molecule has 0 atom stereocenters. The zero-order valence-corrected chi connectivity index (χ0v) is 14.4. The lowest BCUT2D eigenvalue weighted by molar-refractivity contribution is 0.0713. The van der Waals surface area contributed by atoms with Crippen LogP contribution in [0.1, 0.15) is 34.7 Å². The molecule has 4 nitrogen and oxygen atoms in total. The molecule has 4 rings (SSSR count). The molecule has 6 heteroatoms. The molecule has 1 amide bonds. The van der Waals surface area contributed by atoms with Crippen LogP contribution in [0.3, 0.4) is 0 Å². The fraction of sp³-hybridized carbons (Fsp3) is 0.263. The highest BCUT2D eigenvalue weighted by molar-refractivity contribution is 7.13. The van der Waals surface area contributed by atoms with Crippen LogP contribution in [-0.2, 0) is 0 Å². The summed E-state index contributed by atoms with van der Waals surface area (Å²) in [5, 5.41) is 8.62. The van der Waals surface area contributed by atoms with Gasteiger partial charge in [-0.25, -0.2) is 4.39 Å². The van der Waals surface area contributed by atoms with Crippen LogP contribution in [-0.4, -0.2) is 34.1 Å². The van der Waals surface area contributed by atoms with Crippen LogP contribution in [0.4, 0.5) is 4.39 Å². The van der Waals surface area contributed by atoms with Gasteiger partial charge in [0, 0.05) is 35.1 Å². The molecule has 0 saturated carbocycles. The molecule has 1 aliphatic rings. The van der Waals surface area contributed by atoms with Gasteiger partial charge in [-0.15, -0.1) is 11.3 Å². The summed E-state index contributed by atoms with van der Waals surface area (Å²) < 4.78 is 13.9. The van der Waals surface area contributed by atoms with Crippen molar-refractivity contribution in [1.29, 1.82) is 0 Å². The first kappa shape index (κ1) is 16.0. The van der Waals surface area contributed by atoms with E-state index in [0.29, 0.717) is 18.7 Å². The lowest BCUT2D eigenvalue weighted by Crippen LogP contribution is -2.37. The number of amides is 1. The Labute approximate surface area is 149 Å². The smallest absolute Gasteiger partial charge is 0.254 e. The Morgan fingerprint density at radius 3 is 2.80 bits per heavy atom. The van der Waals surface area contributed by atoms with E-state index in [2.05, 4.69) is 10.2 Å². The molecule has 0 unspecified atom stereocenters. The number of carbonyl (C=O) groups excluding carboxylic acids is 1. The van der Waals surface area contributed by atoms with Gasteiger partial charge in [-0.3, -0.25) is 9.89 Å². The van der Waals surface area contributed by atoms with Gasteiger partial charge >= 0.3 is 0 Å². The van der Waals surface area contributed by atoms with E-state index in [1.54, 1.807) is 23.6 Å². The summed E-state index contributed by atoms with van der Waals surface area (Å²) in [5.74, 6) is 0.0991. The van der Waals surface area contributed by atoms with Crippen molar-refractivity contribution in [2.75, 3.05) is 13.1 Å². The SMILES string of the molecule is O=C(c1csc(-c2cn[nH]c2)c1)N1CCC(c2ccccc2F)CC1. The lowest BCUT2D eigenvalue weighted by atomic mass is 9.89. The monoisotopic (exact) mass is 355 g/mol. The summed E-state index contributed by atoms with van der Waals surface area (Å²) in [4.78, 5) is 15.6. The number of nitrogens with zero attached hydrogens (tertiary/aromatic N) is 2. The Morgan fingerprint density at radius 2 is 2.08 bits per heavy atom. The third-order valence-corrected chi connectivity index (χ3v) is 5.74. The predicted molar refractivity (Wildman–Crippen MR) is 96.2 cm³/mol. The fourth-order valence-electron chi connectivity index (χ4n) is 3.37. The standard InChI is InChI=1S/C19H18FN3OS/c20-17-4-2-1-3-16(17)13-5-7-23(8-6-13)19(24)14-9-18(25-12-14)15-10-21-22-11-15/h1-4,9-13H,5-8H2,(H,21,22). The van der Waals surface area contributed by atoms with Crippen LogP contribution in [0.25, 0.3) is 10.4 Å². The van der Waals surface area contributed by atoms with Crippen LogP contribution in [0.15, 0.2) is 48.1 Å². The largest absolute Gasteiger partial charge is 0.339 e. The maximum Gasteiger partial charge on any atom is 0.254 e. The number of thiophene rings is 1. The minimum atomic E-state index is -0.144. The highest BCUT2D eigenvalue weighted by atomic mass is 32.1. The van der Waals surface area contributed by atoms with Gasteiger partial charge in [-0.2, -0.15) is 5.10 Å². The molecular weight excluding hydrogens is 337 g/mol. The van der Waals surface area contributed by atoms with Gasteiger partial charge in [-0.05, 0) is 36.5 Å². The topological polar surface area (TPSA) is 49.0 Å². The number of aromatic nitrogens is 2. The van der Waals surface area contributed by atoms with Gasteiger partial charge in [0.05, 0.1) is 11.8 Å². The van der Waals surface area contributed by atoms with Crippen LogP contribution < -0.4 is 0 Å². The zero-order chi connectivity index (χ0) is 17.2. The number of H-pyrrole nitrogens is 1. The van der Waals surface area contributed by atoms with Crippen molar-refractivity contribution < 1.29 is 9.18 Å². The van der Waals surface area contributed by atoms with E-state index in [1.165, 1.54) is 6.07 Å². The maximum absolute atomic E-state index is 13.9. The number of halogens is 1. The molecule has 3 aromatic rings. The fourth-order valence-corrected chi connectivity index (χ4v) is 4.23. The molecule has 1 aliphatic heterocycles.